The van der Waals surface area contributed by atoms with Crippen LogP contribution in [0.25, 0.3) is 11.0 Å². The van der Waals surface area contributed by atoms with Crippen LogP contribution in [-0.2, 0) is 0 Å². The molecule has 12 aromatic rings. The number of nitrogens with zero attached hydrogens (tertiary/aromatic N) is 3. The van der Waals surface area contributed by atoms with E-state index in [0.717, 1.165) is 16.9 Å². The van der Waals surface area contributed by atoms with Gasteiger partial charge < -0.3 is 42.3 Å². The van der Waals surface area contributed by atoms with Crippen LogP contribution in [0.3, 0.4) is 0 Å². The molecule has 0 radical (unpaired) electrons. The van der Waals surface area contributed by atoms with Crippen LogP contribution in [0.2, 0.25) is 0 Å². The van der Waals surface area contributed by atoms with Gasteiger partial charge >= 0.3 is 5.63 Å². The van der Waals surface area contributed by atoms with Crippen molar-refractivity contribution < 1.29 is 73.0 Å². The Morgan fingerprint density at radius 3 is 1.39 bits per heavy atom. The molecular weight excluding hydrogens is 1200 g/mol. The summed E-state index contributed by atoms with van der Waals surface area (Å²) < 4.78 is 143. The Morgan fingerprint density at radius 1 is 0.359 bits per heavy atom. The monoisotopic (exact) mass is 1250 g/mol. The fraction of sp³-hybridized carbons (Fsp3) is 0.0833. The average Bonchev–Trinajstić information content (AvgIpc) is 1.24. The van der Waals surface area contributed by atoms with Gasteiger partial charge in [-0.2, -0.15) is 0 Å². The van der Waals surface area contributed by atoms with E-state index < -0.39 is 57.8 Å². The third-order valence-electron chi connectivity index (χ3n) is 12.5. The maximum absolute atomic E-state index is 13.8. The fourth-order valence-corrected chi connectivity index (χ4v) is 8.24. The predicted octanol–water partition coefficient (Wildman–Crippen LogP) is 19.7. The lowest BCUT2D eigenvalue weighted by atomic mass is 10.2. The third kappa shape index (κ3) is 18.7. The van der Waals surface area contributed by atoms with Gasteiger partial charge in [0.2, 0.25) is 12.7 Å². The molecule has 8 aromatic carbocycles. The largest absolute Gasteiger partial charge is 0.457 e. The molecule has 0 saturated carbocycles. The Balaban J connectivity index is 0.000000137. The number of fused-ring (bicyclic) bond motifs is 2. The number of para-hydroxylation sites is 1. The number of halogens is 7. The first-order valence-corrected chi connectivity index (χ1v) is 27.9. The zero-order valence-corrected chi connectivity index (χ0v) is 49.6. The second kappa shape index (κ2) is 31.0. The van der Waals surface area contributed by atoms with E-state index in [9.17, 15) is 35.5 Å². The van der Waals surface area contributed by atoms with Crippen molar-refractivity contribution in [2.75, 3.05) is 6.79 Å². The number of aromatic nitrogens is 3. The van der Waals surface area contributed by atoms with Gasteiger partial charge in [-0.25, -0.2) is 40.5 Å². The summed E-state index contributed by atoms with van der Waals surface area (Å²) in [5.74, 6) is -0.789. The highest BCUT2D eigenvalue weighted by Gasteiger charge is 2.17. The summed E-state index contributed by atoms with van der Waals surface area (Å²) >= 11 is 0. The molecule has 0 aliphatic carbocycles. The number of rotatable bonds is 12. The molecule has 0 spiro atoms. The first-order chi connectivity index (χ1) is 44.4. The lowest BCUT2D eigenvalue weighted by Crippen LogP contribution is -1.96. The molecule has 466 valence electrons. The molecule has 0 atom stereocenters. The Morgan fingerprint density at radius 2 is 0.837 bits per heavy atom. The van der Waals surface area contributed by atoms with E-state index in [-0.39, 0.29) is 29.7 Å². The molecule has 0 N–H and O–H groups in total. The van der Waals surface area contributed by atoms with Crippen LogP contribution in [0, 0.1) is 75.3 Å². The minimum Gasteiger partial charge on any atom is -0.457 e. The third-order valence-corrected chi connectivity index (χ3v) is 12.5. The average molecular weight is 1250 g/mol. The summed E-state index contributed by atoms with van der Waals surface area (Å²) in [6, 6.07) is 51.3. The zero-order valence-electron chi connectivity index (χ0n) is 49.6. The Kier molecular flexibility index (Phi) is 21.8. The summed E-state index contributed by atoms with van der Waals surface area (Å²) in [6.45, 7) is 8.89. The van der Waals surface area contributed by atoms with Crippen molar-refractivity contribution in [2.45, 2.75) is 34.6 Å². The van der Waals surface area contributed by atoms with Gasteiger partial charge in [0.05, 0.1) is 12.4 Å². The number of aryl methyl sites for hydroxylation is 5. The minimum absolute atomic E-state index is 0.179. The van der Waals surface area contributed by atoms with Crippen LogP contribution in [0.5, 0.6) is 80.6 Å². The van der Waals surface area contributed by atoms with Crippen molar-refractivity contribution >= 4 is 11.0 Å². The van der Waals surface area contributed by atoms with Gasteiger partial charge in [-0.1, -0.05) is 36.4 Å². The van der Waals surface area contributed by atoms with E-state index in [1.54, 1.807) is 130 Å². The highest BCUT2D eigenvalue weighted by atomic mass is 19.2. The highest BCUT2D eigenvalue weighted by Crippen LogP contribution is 2.37. The van der Waals surface area contributed by atoms with Crippen LogP contribution in [0.4, 0.5) is 30.7 Å². The molecule has 4 aromatic heterocycles. The Labute approximate surface area is 523 Å². The topological polar surface area (TPSA) is 143 Å². The van der Waals surface area contributed by atoms with Crippen LogP contribution < -0.4 is 43.5 Å². The first-order valence-electron chi connectivity index (χ1n) is 27.9. The molecule has 0 saturated heterocycles. The standard InChI is InChI=1S/C19H14F2O2.C16H10F2O3.C13H11NO3.C12H9F2NO.C12H10FNO/c1-13-10-17(20)19(18(21)11-13)23-16-9-5-8-15(12-16)22-14-6-3-2-4-7-14;1-9-6-12(17)16(13(18)7-9)20-11-4-2-10-3-5-15(19)21-14(10)8-11;1-9-2-5-13(14-7-9)17-10-3-4-11-12(6-10)16-8-15-11;1-8-5-10(13)12(11(14)6-8)16-9-3-2-4-15-7-9;1-9-4-5-12(11(13)7-9)15-10-3-2-6-14-8-10/h2-12H,1H3;2-8H,1H3;2-7H,8H2,1H3;2-7H,1H3;2-8H,1H3. The summed E-state index contributed by atoms with van der Waals surface area (Å²) in [5, 5.41) is 0.687. The molecule has 1 aliphatic rings. The second-order valence-corrected chi connectivity index (χ2v) is 20.0. The number of benzene rings is 8. The number of hydrogen-bond donors (Lipinski definition) is 0. The van der Waals surface area contributed by atoms with E-state index in [1.807, 2.05) is 68.4 Å². The van der Waals surface area contributed by atoms with Crippen LogP contribution in [0.1, 0.15) is 27.8 Å². The lowest BCUT2D eigenvalue weighted by molar-refractivity contribution is 0.174. The van der Waals surface area contributed by atoms with Gasteiger partial charge in [-0.3, -0.25) is 9.97 Å². The van der Waals surface area contributed by atoms with Crippen LogP contribution in [-0.4, -0.2) is 21.7 Å². The van der Waals surface area contributed by atoms with E-state index >= 15 is 0 Å². The maximum Gasteiger partial charge on any atom is 0.336 e. The SMILES string of the molecule is Cc1cc(F)c(Oc2ccc3ccc(=O)oc3c2)c(F)c1.Cc1cc(F)c(Oc2cccc(Oc3ccccc3)c2)c(F)c1.Cc1cc(F)c(Oc2cccnc2)c(F)c1.Cc1ccc(Oc2ccc3c(c2)OCO3)nc1.Cc1ccc(Oc2cccnc2)c(F)c1. The van der Waals surface area contributed by atoms with Crippen LogP contribution >= 0.6 is 0 Å². The molecule has 0 bridgehead atoms. The molecule has 20 heteroatoms. The molecule has 13 rings (SSSR count). The Bertz CT molecular complexity index is 4450. The first kappa shape index (κ1) is 64.8. The molecule has 92 heavy (non-hydrogen) atoms. The summed E-state index contributed by atoms with van der Waals surface area (Å²) in [7, 11) is 0. The molecule has 13 nitrogen and oxygen atoms in total. The highest BCUT2D eigenvalue weighted by molar-refractivity contribution is 5.77. The van der Waals surface area contributed by atoms with E-state index in [0.29, 0.717) is 68.2 Å². The van der Waals surface area contributed by atoms with E-state index in [4.69, 9.17) is 42.3 Å². The van der Waals surface area contributed by atoms with Gasteiger partial charge in [0.25, 0.3) is 0 Å². The van der Waals surface area contributed by atoms with Crippen LogP contribution in [0.15, 0.2) is 234 Å². The predicted molar refractivity (Wildman–Crippen MR) is 330 cm³/mol. The molecule has 0 fully saturated rings. The van der Waals surface area contributed by atoms with E-state index in [1.165, 1.54) is 60.8 Å². The van der Waals surface area contributed by atoms with Gasteiger partial charge in [0.15, 0.2) is 75.2 Å². The number of hydrogen-bond acceptors (Lipinski definition) is 13. The van der Waals surface area contributed by atoms with Gasteiger partial charge in [0, 0.05) is 54.3 Å². The van der Waals surface area contributed by atoms with Crippen molar-refractivity contribution in [3.8, 4) is 80.6 Å². The van der Waals surface area contributed by atoms with E-state index in [2.05, 4.69) is 15.0 Å². The van der Waals surface area contributed by atoms with Gasteiger partial charge in [-0.05, 0) is 190 Å². The van der Waals surface area contributed by atoms with Gasteiger partial charge in [0.1, 0.15) is 45.8 Å². The lowest BCUT2D eigenvalue weighted by Gasteiger charge is -2.10. The zero-order chi connectivity index (χ0) is 65.1. The quantitative estimate of drug-likeness (QED) is 0.0846. The normalized spacial score (nSPS) is 10.8. The molecule has 0 amide bonds. The van der Waals surface area contributed by atoms with Crippen molar-refractivity contribution in [1.82, 2.24) is 15.0 Å². The summed E-state index contributed by atoms with van der Waals surface area (Å²) in [5.41, 5.74) is 3.21. The summed E-state index contributed by atoms with van der Waals surface area (Å²) in [6.07, 6.45) is 7.88. The van der Waals surface area contributed by atoms with Crippen molar-refractivity contribution in [3.63, 3.8) is 0 Å². The van der Waals surface area contributed by atoms with Gasteiger partial charge in [-0.15, -0.1) is 0 Å². The van der Waals surface area contributed by atoms with Crippen molar-refractivity contribution in [1.29, 1.82) is 0 Å². The summed E-state index contributed by atoms with van der Waals surface area (Å²) in [4.78, 5) is 23.0. The molecule has 5 heterocycles. The Hall–Kier alpha value is -11.7. The smallest absolute Gasteiger partial charge is 0.336 e. The molecular formula is C72H54F7N3O10. The fourth-order valence-electron chi connectivity index (χ4n) is 8.24. The minimum atomic E-state index is -0.790. The number of pyridine rings is 3. The molecule has 1 aliphatic heterocycles. The number of ether oxygens (including phenoxy) is 8. The maximum atomic E-state index is 13.8. The van der Waals surface area contributed by atoms with Crippen molar-refractivity contribution in [2.24, 2.45) is 0 Å². The molecule has 0 unspecified atom stereocenters. The second-order valence-electron chi connectivity index (χ2n) is 20.0. The van der Waals surface area contributed by atoms with Crippen molar-refractivity contribution in [3.05, 3.63) is 304 Å².